The van der Waals surface area contributed by atoms with E-state index in [2.05, 4.69) is 29.0 Å². The zero-order valence-corrected chi connectivity index (χ0v) is 19.7. The molecule has 8 heteroatoms. The lowest BCUT2D eigenvalue weighted by Crippen LogP contribution is -2.24. The molecule has 1 heterocycles. The van der Waals surface area contributed by atoms with E-state index >= 15 is 0 Å². The topological polar surface area (TPSA) is 99.7 Å². The molecule has 0 saturated heterocycles. The molecule has 1 aromatic heterocycles. The average molecular weight is 461 g/mol. The number of fused-ring (bicyclic) bond motifs is 1. The van der Waals surface area contributed by atoms with E-state index in [-0.39, 0.29) is 17.4 Å². The number of methoxy groups -OCH3 is 2. The smallest absolute Gasteiger partial charge is 0.255 e. The minimum atomic E-state index is -0.310. The van der Waals surface area contributed by atoms with Gasteiger partial charge >= 0.3 is 0 Å². The summed E-state index contributed by atoms with van der Waals surface area (Å²) >= 11 is 0. The number of aromatic hydroxyl groups is 1. The van der Waals surface area contributed by atoms with Crippen LogP contribution in [0.25, 0.3) is 22.4 Å². The van der Waals surface area contributed by atoms with Crippen LogP contribution in [0.1, 0.15) is 24.2 Å². The van der Waals surface area contributed by atoms with E-state index in [1.54, 1.807) is 13.2 Å². The number of hydrogen-bond donors (Lipinski definition) is 3. The molecule has 0 aliphatic heterocycles. The van der Waals surface area contributed by atoms with E-state index in [9.17, 15) is 9.90 Å². The highest BCUT2D eigenvalue weighted by Gasteiger charge is 2.18. The fourth-order valence-electron chi connectivity index (χ4n) is 3.95. The molecule has 0 atom stereocenters. The van der Waals surface area contributed by atoms with E-state index < -0.39 is 0 Å². The normalized spacial score (nSPS) is 10.8. The predicted molar refractivity (Wildman–Crippen MR) is 134 cm³/mol. The van der Waals surface area contributed by atoms with Gasteiger partial charge in [0.05, 0.1) is 42.2 Å². The lowest BCUT2D eigenvalue weighted by Gasteiger charge is -2.24. The molecular weight excluding hydrogens is 432 g/mol. The molecule has 0 fully saturated rings. The molecule has 4 rings (SSSR count). The number of aromatic nitrogens is 2. The summed E-state index contributed by atoms with van der Waals surface area (Å²) in [6.07, 6.45) is 0. The number of phenols is 1. The zero-order chi connectivity index (χ0) is 24.2. The third-order valence-corrected chi connectivity index (χ3v) is 5.76. The van der Waals surface area contributed by atoms with Crippen LogP contribution in [-0.2, 0) is 0 Å². The van der Waals surface area contributed by atoms with Crippen LogP contribution in [0.15, 0.2) is 54.6 Å². The number of ether oxygens (including phenoxy) is 2. The van der Waals surface area contributed by atoms with Crippen LogP contribution in [0.5, 0.6) is 17.2 Å². The number of hydrogen-bond acceptors (Lipinski definition) is 6. The third-order valence-electron chi connectivity index (χ3n) is 5.76. The van der Waals surface area contributed by atoms with Crippen LogP contribution >= 0.6 is 0 Å². The van der Waals surface area contributed by atoms with Gasteiger partial charge in [0.15, 0.2) is 11.5 Å². The summed E-state index contributed by atoms with van der Waals surface area (Å²) in [6, 6.07) is 16.1. The Morgan fingerprint density at radius 1 is 1.03 bits per heavy atom. The number of carbonyl (C=O) groups is 1. The number of rotatable bonds is 8. The van der Waals surface area contributed by atoms with Crippen LogP contribution < -0.4 is 19.7 Å². The van der Waals surface area contributed by atoms with Crippen molar-refractivity contribution in [1.29, 1.82) is 0 Å². The molecule has 0 aliphatic carbocycles. The van der Waals surface area contributed by atoms with E-state index in [1.165, 1.54) is 19.2 Å². The van der Waals surface area contributed by atoms with Gasteiger partial charge in [-0.25, -0.2) is 4.98 Å². The summed E-state index contributed by atoms with van der Waals surface area (Å²) in [6.45, 7) is 5.66. The average Bonchev–Trinajstić information content (AvgIpc) is 3.27. The van der Waals surface area contributed by atoms with Gasteiger partial charge in [0, 0.05) is 18.7 Å². The number of anilines is 2. The van der Waals surface area contributed by atoms with Gasteiger partial charge < -0.3 is 29.8 Å². The van der Waals surface area contributed by atoms with Crippen molar-refractivity contribution < 1.29 is 19.4 Å². The van der Waals surface area contributed by atoms with Gasteiger partial charge in [0.2, 0.25) is 0 Å². The monoisotopic (exact) mass is 460 g/mol. The van der Waals surface area contributed by atoms with E-state index in [0.717, 1.165) is 41.1 Å². The number of carbonyl (C=O) groups excluding carboxylic acids is 1. The third kappa shape index (κ3) is 4.34. The molecule has 8 nitrogen and oxygen atoms in total. The van der Waals surface area contributed by atoms with Crippen LogP contribution in [0.4, 0.5) is 11.4 Å². The van der Waals surface area contributed by atoms with Crippen molar-refractivity contribution in [3.8, 4) is 28.6 Å². The molecule has 4 aromatic rings. The van der Waals surface area contributed by atoms with Gasteiger partial charge in [-0.2, -0.15) is 0 Å². The molecule has 34 heavy (non-hydrogen) atoms. The van der Waals surface area contributed by atoms with Crippen LogP contribution in [0.2, 0.25) is 0 Å². The minimum absolute atomic E-state index is 0.0226. The lowest BCUT2D eigenvalue weighted by molar-refractivity contribution is 0.102. The van der Waals surface area contributed by atoms with Gasteiger partial charge in [-0.15, -0.1) is 0 Å². The highest BCUT2D eigenvalue weighted by Crippen LogP contribution is 2.35. The quantitative estimate of drug-likeness (QED) is 0.340. The predicted octanol–water partition coefficient (Wildman–Crippen LogP) is 5.05. The van der Waals surface area contributed by atoms with Gasteiger partial charge in [0.1, 0.15) is 11.6 Å². The van der Waals surface area contributed by atoms with Crippen molar-refractivity contribution in [1.82, 2.24) is 9.97 Å². The summed E-state index contributed by atoms with van der Waals surface area (Å²) < 4.78 is 10.6. The van der Waals surface area contributed by atoms with Crippen molar-refractivity contribution in [2.24, 2.45) is 0 Å². The van der Waals surface area contributed by atoms with Gasteiger partial charge in [0.25, 0.3) is 5.91 Å². The molecule has 1 amide bonds. The molecule has 0 bridgehead atoms. The SMILES string of the molecule is CCN(CC)c1cc2nc(-c3ccccc3OC)[nH]c2cc1NC(=O)c1ccc(O)c(OC)c1. The van der Waals surface area contributed by atoms with Gasteiger partial charge in [-0.05, 0) is 56.3 Å². The number of benzene rings is 3. The summed E-state index contributed by atoms with van der Waals surface area (Å²) in [4.78, 5) is 23.4. The van der Waals surface area contributed by atoms with Crippen LogP contribution in [0.3, 0.4) is 0 Å². The summed E-state index contributed by atoms with van der Waals surface area (Å²) in [5.41, 5.74) is 4.33. The molecule has 0 spiro atoms. The second-order valence-electron chi connectivity index (χ2n) is 7.69. The number of H-pyrrole nitrogens is 1. The highest BCUT2D eigenvalue weighted by molar-refractivity contribution is 6.07. The lowest BCUT2D eigenvalue weighted by atomic mass is 10.1. The summed E-state index contributed by atoms with van der Waals surface area (Å²) in [7, 11) is 3.08. The van der Waals surface area contributed by atoms with Crippen LogP contribution in [-0.4, -0.2) is 48.3 Å². The van der Waals surface area contributed by atoms with Crippen molar-refractivity contribution >= 4 is 28.3 Å². The van der Waals surface area contributed by atoms with E-state index in [0.29, 0.717) is 17.1 Å². The molecule has 3 N–H and O–H groups in total. The largest absolute Gasteiger partial charge is 0.504 e. The Morgan fingerprint density at radius 3 is 2.47 bits per heavy atom. The second-order valence-corrected chi connectivity index (χ2v) is 7.69. The minimum Gasteiger partial charge on any atom is -0.504 e. The Bertz CT molecular complexity index is 1330. The molecule has 176 valence electrons. The fraction of sp³-hybridized carbons (Fsp3) is 0.231. The molecule has 0 aliphatic rings. The Labute approximate surface area is 198 Å². The molecular formula is C26H28N4O4. The van der Waals surface area contributed by atoms with E-state index in [1.807, 2.05) is 36.4 Å². The molecule has 0 saturated carbocycles. The highest BCUT2D eigenvalue weighted by atomic mass is 16.5. The van der Waals surface area contributed by atoms with Crippen molar-refractivity contribution in [2.75, 3.05) is 37.5 Å². The number of imidazole rings is 1. The Kier molecular flexibility index (Phi) is 6.58. The summed E-state index contributed by atoms with van der Waals surface area (Å²) in [5, 5.41) is 12.9. The molecule has 0 unspecified atom stereocenters. The first-order valence-electron chi connectivity index (χ1n) is 11.1. The number of aromatic amines is 1. The number of para-hydroxylation sites is 1. The maximum Gasteiger partial charge on any atom is 0.255 e. The number of nitrogens with one attached hydrogen (secondary N) is 2. The molecule has 0 radical (unpaired) electrons. The Balaban J connectivity index is 1.78. The van der Waals surface area contributed by atoms with Crippen LogP contribution in [0, 0.1) is 0 Å². The first kappa shape index (κ1) is 23.0. The number of amides is 1. The summed E-state index contributed by atoms with van der Waals surface area (Å²) in [5.74, 6) is 1.31. The number of nitrogens with zero attached hydrogens (tertiary/aromatic N) is 2. The van der Waals surface area contributed by atoms with Crippen molar-refractivity contribution in [2.45, 2.75) is 13.8 Å². The fourth-order valence-corrected chi connectivity index (χ4v) is 3.95. The molecule has 3 aromatic carbocycles. The zero-order valence-electron chi connectivity index (χ0n) is 19.7. The van der Waals surface area contributed by atoms with E-state index in [4.69, 9.17) is 14.5 Å². The first-order valence-corrected chi connectivity index (χ1v) is 11.1. The van der Waals surface area contributed by atoms with Crippen molar-refractivity contribution in [3.05, 3.63) is 60.2 Å². The number of phenolic OH excluding ortho intramolecular Hbond substituents is 1. The first-order chi connectivity index (χ1) is 16.5. The standard InChI is InChI=1S/C26H28N4O4/c1-5-30(6-2)21-15-19-18(27-25(28-19)17-9-7-8-10-23(17)33-3)14-20(21)29-26(32)16-11-12-22(31)24(13-16)34-4/h7-15,31H,5-6H2,1-4H3,(H,27,28)(H,29,32). The van der Waals surface area contributed by atoms with Gasteiger partial charge in [-0.3, -0.25) is 4.79 Å². The second kappa shape index (κ2) is 9.74. The maximum atomic E-state index is 13.1. The Morgan fingerprint density at radius 2 is 1.76 bits per heavy atom. The van der Waals surface area contributed by atoms with Crippen molar-refractivity contribution in [3.63, 3.8) is 0 Å². The Hall–Kier alpha value is -4.20. The maximum absolute atomic E-state index is 13.1. The van der Waals surface area contributed by atoms with Gasteiger partial charge in [-0.1, -0.05) is 12.1 Å².